The monoisotopic (exact) mass is 367 g/mol. The van der Waals surface area contributed by atoms with Gasteiger partial charge in [-0.2, -0.15) is 0 Å². The Kier molecular flexibility index (Phi) is 5.42. The zero-order valence-electron chi connectivity index (χ0n) is 10.00. The van der Waals surface area contributed by atoms with Crippen LogP contribution < -0.4 is 5.32 Å². The van der Waals surface area contributed by atoms with Gasteiger partial charge in [0.05, 0.1) is 0 Å². The van der Waals surface area contributed by atoms with Crippen molar-refractivity contribution in [1.29, 1.82) is 0 Å². The third-order valence-electron chi connectivity index (χ3n) is 2.75. The number of rotatable bonds is 5. The number of hydrogen-bond donors (Lipinski definition) is 1. The lowest BCUT2D eigenvalue weighted by molar-refractivity contribution is 0.686. The van der Waals surface area contributed by atoms with Gasteiger partial charge in [-0.05, 0) is 68.1 Å². The molecule has 0 saturated heterocycles. The van der Waals surface area contributed by atoms with E-state index in [-0.39, 0.29) is 0 Å². The van der Waals surface area contributed by atoms with E-state index >= 15 is 0 Å². The molecule has 0 saturated carbocycles. The van der Waals surface area contributed by atoms with Gasteiger partial charge < -0.3 is 5.32 Å². The summed E-state index contributed by atoms with van der Waals surface area (Å²) < 4.78 is 2.19. The predicted molar refractivity (Wildman–Crippen MR) is 83.7 cm³/mol. The first kappa shape index (κ1) is 13.8. The second-order valence-corrected chi connectivity index (χ2v) is 5.87. The molecule has 1 nitrogen and oxygen atoms in total. The van der Waals surface area contributed by atoms with E-state index in [4.69, 9.17) is 0 Å². The molecule has 94 valence electrons. The van der Waals surface area contributed by atoms with Crippen LogP contribution in [0, 0.1) is 0 Å². The Morgan fingerprint density at radius 2 is 1.61 bits per heavy atom. The number of halogens is 2. The summed E-state index contributed by atoms with van der Waals surface area (Å²) in [5.41, 5.74) is 2.67. The van der Waals surface area contributed by atoms with Gasteiger partial charge >= 0.3 is 0 Å². The zero-order chi connectivity index (χ0) is 12.8. The molecule has 0 amide bonds. The van der Waals surface area contributed by atoms with Crippen molar-refractivity contribution >= 4 is 31.9 Å². The van der Waals surface area contributed by atoms with Gasteiger partial charge in [0.1, 0.15) is 0 Å². The number of nitrogens with one attached hydrogen (secondary N) is 1. The van der Waals surface area contributed by atoms with Crippen LogP contribution in [0.1, 0.15) is 11.1 Å². The third-order valence-corrected chi connectivity index (χ3v) is 4.63. The molecule has 0 radical (unpaired) electrons. The van der Waals surface area contributed by atoms with E-state index in [0.29, 0.717) is 0 Å². The molecule has 0 spiro atoms. The summed E-state index contributed by atoms with van der Waals surface area (Å²) in [6, 6.07) is 16.9. The maximum atomic E-state index is 3.52. The first-order valence-corrected chi connectivity index (χ1v) is 7.53. The standard InChI is InChI=1S/C15H15Br2N/c16-14-7-6-13(10-15(14)17)11-18-9-8-12-4-2-1-3-5-12/h1-7,10,18H,8-9,11H2. The van der Waals surface area contributed by atoms with Gasteiger partial charge in [0.15, 0.2) is 0 Å². The fraction of sp³-hybridized carbons (Fsp3) is 0.200. The van der Waals surface area contributed by atoms with Crippen molar-refractivity contribution in [3.8, 4) is 0 Å². The lowest BCUT2D eigenvalue weighted by atomic mass is 10.1. The maximum absolute atomic E-state index is 3.52. The minimum atomic E-state index is 0.902. The Morgan fingerprint density at radius 1 is 0.833 bits per heavy atom. The van der Waals surface area contributed by atoms with Crippen molar-refractivity contribution in [2.24, 2.45) is 0 Å². The molecule has 0 aliphatic heterocycles. The van der Waals surface area contributed by atoms with E-state index in [1.165, 1.54) is 11.1 Å². The smallest absolute Gasteiger partial charge is 0.0320 e. The highest BCUT2D eigenvalue weighted by molar-refractivity contribution is 9.13. The molecule has 0 fully saturated rings. The molecule has 3 heteroatoms. The number of benzene rings is 2. The quantitative estimate of drug-likeness (QED) is 0.763. The van der Waals surface area contributed by atoms with Crippen LogP contribution in [0.25, 0.3) is 0 Å². The molecular weight excluding hydrogens is 354 g/mol. The summed E-state index contributed by atoms with van der Waals surface area (Å²) in [5.74, 6) is 0. The van der Waals surface area contributed by atoms with Gasteiger partial charge in [0.2, 0.25) is 0 Å². The Labute approximate surface area is 125 Å². The summed E-state index contributed by atoms with van der Waals surface area (Å²) in [5, 5.41) is 3.46. The largest absolute Gasteiger partial charge is 0.312 e. The van der Waals surface area contributed by atoms with Crippen molar-refractivity contribution in [2.45, 2.75) is 13.0 Å². The van der Waals surface area contributed by atoms with Crippen LogP contribution in [0.3, 0.4) is 0 Å². The van der Waals surface area contributed by atoms with E-state index < -0.39 is 0 Å². The molecule has 1 N–H and O–H groups in total. The van der Waals surface area contributed by atoms with Gasteiger partial charge in [0, 0.05) is 15.5 Å². The first-order chi connectivity index (χ1) is 8.75. The molecule has 2 rings (SSSR count). The SMILES string of the molecule is Brc1ccc(CNCCc2ccccc2)cc1Br. The first-order valence-electron chi connectivity index (χ1n) is 5.94. The van der Waals surface area contributed by atoms with Crippen LogP contribution in [-0.4, -0.2) is 6.54 Å². The normalized spacial score (nSPS) is 10.6. The van der Waals surface area contributed by atoms with Gasteiger partial charge in [-0.3, -0.25) is 0 Å². The molecule has 2 aromatic carbocycles. The minimum absolute atomic E-state index is 0.902. The fourth-order valence-electron chi connectivity index (χ4n) is 1.76. The Hall–Kier alpha value is -0.640. The van der Waals surface area contributed by atoms with E-state index in [1.807, 2.05) is 0 Å². The van der Waals surface area contributed by atoms with Crippen molar-refractivity contribution in [2.75, 3.05) is 6.54 Å². The second kappa shape index (κ2) is 7.07. The van der Waals surface area contributed by atoms with Crippen LogP contribution in [0.4, 0.5) is 0 Å². The summed E-state index contributed by atoms with van der Waals surface area (Å²) in [6.45, 7) is 1.90. The van der Waals surface area contributed by atoms with Crippen molar-refractivity contribution in [3.05, 3.63) is 68.6 Å². The van der Waals surface area contributed by atoms with Gasteiger partial charge in [-0.25, -0.2) is 0 Å². The topological polar surface area (TPSA) is 12.0 Å². The molecule has 0 aliphatic rings. The Balaban J connectivity index is 1.77. The lowest BCUT2D eigenvalue weighted by Crippen LogP contribution is -2.16. The van der Waals surface area contributed by atoms with Crippen LogP contribution >= 0.6 is 31.9 Å². The van der Waals surface area contributed by atoms with E-state index in [9.17, 15) is 0 Å². The van der Waals surface area contributed by atoms with Crippen LogP contribution in [0.2, 0.25) is 0 Å². The summed E-state index contributed by atoms with van der Waals surface area (Å²) >= 11 is 6.99. The van der Waals surface area contributed by atoms with Crippen molar-refractivity contribution < 1.29 is 0 Å². The molecule has 0 atom stereocenters. The summed E-state index contributed by atoms with van der Waals surface area (Å²) in [6.07, 6.45) is 1.07. The average Bonchev–Trinajstić information content (AvgIpc) is 2.40. The molecule has 18 heavy (non-hydrogen) atoms. The highest BCUT2D eigenvalue weighted by atomic mass is 79.9. The van der Waals surface area contributed by atoms with Gasteiger partial charge in [-0.15, -0.1) is 0 Å². The molecule has 0 aliphatic carbocycles. The van der Waals surface area contributed by atoms with E-state index in [0.717, 1.165) is 28.5 Å². The van der Waals surface area contributed by atoms with Crippen LogP contribution in [0.5, 0.6) is 0 Å². The zero-order valence-corrected chi connectivity index (χ0v) is 13.2. The van der Waals surface area contributed by atoms with Crippen LogP contribution in [0.15, 0.2) is 57.5 Å². The molecule has 0 heterocycles. The maximum Gasteiger partial charge on any atom is 0.0320 e. The molecule has 2 aromatic rings. The van der Waals surface area contributed by atoms with E-state index in [1.54, 1.807) is 0 Å². The molecular formula is C15H15Br2N. The van der Waals surface area contributed by atoms with Crippen molar-refractivity contribution in [3.63, 3.8) is 0 Å². The number of hydrogen-bond acceptors (Lipinski definition) is 1. The predicted octanol–water partition coefficient (Wildman–Crippen LogP) is 4.54. The highest BCUT2D eigenvalue weighted by Crippen LogP contribution is 2.23. The third kappa shape index (κ3) is 4.23. The van der Waals surface area contributed by atoms with Gasteiger partial charge in [-0.1, -0.05) is 36.4 Å². The Bertz CT molecular complexity index is 497. The Morgan fingerprint density at radius 3 is 2.33 bits per heavy atom. The molecule has 0 bridgehead atoms. The molecule has 0 aromatic heterocycles. The highest BCUT2D eigenvalue weighted by Gasteiger charge is 1.98. The summed E-state index contributed by atoms with van der Waals surface area (Å²) in [4.78, 5) is 0. The van der Waals surface area contributed by atoms with E-state index in [2.05, 4.69) is 85.7 Å². The van der Waals surface area contributed by atoms with Crippen molar-refractivity contribution in [1.82, 2.24) is 5.32 Å². The molecule has 0 unspecified atom stereocenters. The average molecular weight is 369 g/mol. The second-order valence-electron chi connectivity index (χ2n) is 4.16. The van der Waals surface area contributed by atoms with Crippen LogP contribution in [-0.2, 0) is 13.0 Å². The lowest BCUT2D eigenvalue weighted by Gasteiger charge is -2.06. The van der Waals surface area contributed by atoms with Gasteiger partial charge in [0.25, 0.3) is 0 Å². The summed E-state index contributed by atoms with van der Waals surface area (Å²) in [7, 11) is 0. The minimum Gasteiger partial charge on any atom is -0.312 e. The fourth-order valence-corrected chi connectivity index (χ4v) is 2.43.